The van der Waals surface area contributed by atoms with Gasteiger partial charge in [-0.15, -0.1) is 0 Å². The number of aliphatic carboxylic acids is 1. The first-order valence-electron chi connectivity index (χ1n) is 8.29. The summed E-state index contributed by atoms with van der Waals surface area (Å²) in [5.74, 6) is -2.41. The SMILES string of the molecule is CC1CC(C(=O)O)CN(C(=O)Nc2ccc(C(=O)NCC(F)(F)F)cc2)C1. The maximum absolute atomic E-state index is 12.3. The van der Waals surface area contributed by atoms with Gasteiger partial charge in [0.25, 0.3) is 5.91 Å². The molecule has 27 heavy (non-hydrogen) atoms. The Morgan fingerprint density at radius 3 is 2.37 bits per heavy atom. The molecule has 3 N–H and O–H groups in total. The standard InChI is InChI=1S/C17H20F3N3O4/c1-10-6-12(15(25)26)8-23(7-10)16(27)22-13-4-2-11(3-5-13)14(24)21-9-17(18,19)20/h2-5,10,12H,6-9H2,1H3,(H,21,24)(H,22,27)(H,25,26). The summed E-state index contributed by atoms with van der Waals surface area (Å²) in [6, 6.07) is 4.90. The molecule has 0 saturated carbocycles. The number of carboxylic acids is 1. The highest BCUT2D eigenvalue weighted by Crippen LogP contribution is 2.22. The lowest BCUT2D eigenvalue weighted by atomic mass is 9.91. The van der Waals surface area contributed by atoms with Crippen molar-refractivity contribution >= 4 is 23.6 Å². The third-order valence-electron chi connectivity index (χ3n) is 4.14. The summed E-state index contributed by atoms with van der Waals surface area (Å²) < 4.78 is 36.4. The largest absolute Gasteiger partial charge is 0.481 e. The van der Waals surface area contributed by atoms with E-state index in [1.54, 1.807) is 5.32 Å². The topological polar surface area (TPSA) is 98.7 Å². The predicted molar refractivity (Wildman–Crippen MR) is 90.3 cm³/mol. The van der Waals surface area contributed by atoms with Crippen LogP contribution < -0.4 is 10.6 Å². The molecule has 0 bridgehead atoms. The van der Waals surface area contributed by atoms with Gasteiger partial charge in [0.15, 0.2) is 0 Å². The number of nitrogens with one attached hydrogen (secondary N) is 2. The number of halogens is 3. The van der Waals surface area contributed by atoms with E-state index in [0.717, 1.165) is 0 Å². The third kappa shape index (κ3) is 6.15. The van der Waals surface area contributed by atoms with Gasteiger partial charge >= 0.3 is 18.2 Å². The average Bonchev–Trinajstić information content (AvgIpc) is 2.59. The van der Waals surface area contributed by atoms with Crippen molar-refractivity contribution in [1.29, 1.82) is 0 Å². The zero-order chi connectivity index (χ0) is 20.2. The van der Waals surface area contributed by atoms with Gasteiger partial charge < -0.3 is 20.6 Å². The van der Waals surface area contributed by atoms with Crippen molar-refractivity contribution in [3.8, 4) is 0 Å². The van der Waals surface area contributed by atoms with Gasteiger partial charge in [0.1, 0.15) is 6.54 Å². The van der Waals surface area contributed by atoms with Gasteiger partial charge in [0.05, 0.1) is 5.92 Å². The van der Waals surface area contributed by atoms with Crippen LogP contribution in [0.2, 0.25) is 0 Å². The van der Waals surface area contributed by atoms with Crippen LogP contribution in [0.15, 0.2) is 24.3 Å². The summed E-state index contributed by atoms with van der Waals surface area (Å²) in [5.41, 5.74) is 0.368. The minimum Gasteiger partial charge on any atom is -0.481 e. The molecule has 0 aromatic heterocycles. The minimum absolute atomic E-state index is 0.0229. The molecule has 10 heteroatoms. The number of alkyl halides is 3. The highest BCUT2D eigenvalue weighted by molar-refractivity contribution is 5.95. The number of likely N-dealkylation sites (tertiary alicyclic amines) is 1. The van der Waals surface area contributed by atoms with Crippen molar-refractivity contribution in [3.63, 3.8) is 0 Å². The maximum Gasteiger partial charge on any atom is 0.405 e. The summed E-state index contributed by atoms with van der Waals surface area (Å²) in [6.07, 6.45) is -4.00. The van der Waals surface area contributed by atoms with Crippen LogP contribution in [0.4, 0.5) is 23.7 Å². The summed E-state index contributed by atoms with van der Waals surface area (Å²) in [6.45, 7) is 0.961. The van der Waals surface area contributed by atoms with Crippen LogP contribution in [-0.4, -0.2) is 53.7 Å². The van der Waals surface area contributed by atoms with Crippen LogP contribution in [0.3, 0.4) is 0 Å². The maximum atomic E-state index is 12.3. The zero-order valence-electron chi connectivity index (χ0n) is 14.5. The number of hydrogen-bond acceptors (Lipinski definition) is 3. The molecule has 2 unspecified atom stereocenters. The van der Waals surface area contributed by atoms with Crippen molar-refractivity contribution < 1.29 is 32.7 Å². The van der Waals surface area contributed by atoms with E-state index in [9.17, 15) is 27.6 Å². The molecule has 0 radical (unpaired) electrons. The molecular formula is C17H20F3N3O4. The third-order valence-corrected chi connectivity index (χ3v) is 4.14. The van der Waals surface area contributed by atoms with Crippen molar-refractivity contribution in [2.45, 2.75) is 19.5 Å². The van der Waals surface area contributed by atoms with Crippen molar-refractivity contribution in [2.75, 3.05) is 25.0 Å². The fourth-order valence-corrected chi connectivity index (χ4v) is 2.89. The van der Waals surface area contributed by atoms with E-state index in [1.165, 1.54) is 29.2 Å². The van der Waals surface area contributed by atoms with E-state index in [-0.39, 0.29) is 18.0 Å². The van der Waals surface area contributed by atoms with Crippen LogP contribution in [0.5, 0.6) is 0 Å². The molecule has 1 aromatic rings. The molecule has 1 heterocycles. The van der Waals surface area contributed by atoms with Gasteiger partial charge in [-0.25, -0.2) is 4.79 Å². The van der Waals surface area contributed by atoms with E-state index in [2.05, 4.69) is 5.32 Å². The van der Waals surface area contributed by atoms with E-state index in [4.69, 9.17) is 5.11 Å². The lowest BCUT2D eigenvalue weighted by Gasteiger charge is -2.34. The summed E-state index contributed by atoms with van der Waals surface area (Å²) in [5, 5.41) is 13.5. The van der Waals surface area contributed by atoms with Gasteiger partial charge in [-0.05, 0) is 36.6 Å². The molecule has 7 nitrogen and oxygen atoms in total. The van der Waals surface area contributed by atoms with Gasteiger partial charge in [0.2, 0.25) is 0 Å². The Kier molecular flexibility index (Phi) is 6.29. The normalized spacial score (nSPS) is 20.1. The first-order valence-corrected chi connectivity index (χ1v) is 8.29. The Hall–Kier alpha value is -2.78. The molecule has 1 aromatic carbocycles. The van der Waals surface area contributed by atoms with Gasteiger partial charge in [-0.2, -0.15) is 13.2 Å². The number of carbonyl (C=O) groups excluding carboxylic acids is 2. The minimum atomic E-state index is -4.50. The van der Waals surface area contributed by atoms with E-state index in [1.807, 2.05) is 6.92 Å². The van der Waals surface area contributed by atoms with Crippen LogP contribution in [0.1, 0.15) is 23.7 Å². The number of hydrogen-bond donors (Lipinski definition) is 3. The monoisotopic (exact) mass is 387 g/mol. The van der Waals surface area contributed by atoms with E-state index < -0.39 is 36.5 Å². The molecule has 0 spiro atoms. The molecule has 0 aliphatic carbocycles. The molecule has 1 aliphatic rings. The van der Waals surface area contributed by atoms with Crippen LogP contribution >= 0.6 is 0 Å². The number of carbonyl (C=O) groups is 3. The quantitative estimate of drug-likeness (QED) is 0.739. The van der Waals surface area contributed by atoms with Gasteiger partial charge in [-0.1, -0.05) is 6.92 Å². The van der Waals surface area contributed by atoms with Crippen molar-refractivity contribution in [2.24, 2.45) is 11.8 Å². The lowest BCUT2D eigenvalue weighted by molar-refractivity contribution is -0.143. The fraction of sp³-hybridized carbons (Fsp3) is 0.471. The number of amides is 3. The second-order valence-corrected chi connectivity index (χ2v) is 6.59. The summed E-state index contributed by atoms with van der Waals surface area (Å²) in [4.78, 5) is 36.6. The first kappa shape index (κ1) is 20.5. The molecule has 2 atom stereocenters. The summed E-state index contributed by atoms with van der Waals surface area (Å²) >= 11 is 0. The highest BCUT2D eigenvalue weighted by Gasteiger charge is 2.32. The predicted octanol–water partition coefficient (Wildman–Crippen LogP) is 2.55. The molecule has 3 amide bonds. The Morgan fingerprint density at radius 1 is 1.19 bits per heavy atom. The Bertz CT molecular complexity index is 706. The van der Waals surface area contributed by atoms with Crippen LogP contribution in [-0.2, 0) is 4.79 Å². The number of piperidine rings is 1. The fourth-order valence-electron chi connectivity index (χ4n) is 2.89. The smallest absolute Gasteiger partial charge is 0.405 e. The molecule has 1 saturated heterocycles. The number of nitrogens with zero attached hydrogens (tertiary/aromatic N) is 1. The molecule has 2 rings (SSSR count). The Morgan fingerprint density at radius 2 is 1.81 bits per heavy atom. The van der Waals surface area contributed by atoms with E-state index >= 15 is 0 Å². The first-order chi connectivity index (χ1) is 12.5. The molecule has 1 aliphatic heterocycles. The summed E-state index contributed by atoms with van der Waals surface area (Å²) in [7, 11) is 0. The van der Waals surface area contributed by atoms with E-state index in [0.29, 0.717) is 18.7 Å². The van der Waals surface area contributed by atoms with Gasteiger partial charge in [0, 0.05) is 24.3 Å². The van der Waals surface area contributed by atoms with Crippen molar-refractivity contribution in [1.82, 2.24) is 10.2 Å². The van der Waals surface area contributed by atoms with Gasteiger partial charge in [-0.3, -0.25) is 9.59 Å². The number of rotatable bonds is 4. The second-order valence-electron chi connectivity index (χ2n) is 6.59. The highest BCUT2D eigenvalue weighted by atomic mass is 19.4. The van der Waals surface area contributed by atoms with Crippen LogP contribution in [0.25, 0.3) is 0 Å². The average molecular weight is 387 g/mol. The van der Waals surface area contributed by atoms with Crippen molar-refractivity contribution in [3.05, 3.63) is 29.8 Å². The molecule has 1 fully saturated rings. The number of urea groups is 1. The Balaban J connectivity index is 1.94. The number of carboxylic acid groups (broad SMARTS) is 1. The Labute approximate surface area is 153 Å². The number of benzene rings is 1. The zero-order valence-corrected chi connectivity index (χ0v) is 14.5. The molecular weight excluding hydrogens is 367 g/mol. The van der Waals surface area contributed by atoms with Crippen LogP contribution in [0, 0.1) is 11.8 Å². The lowest BCUT2D eigenvalue weighted by Crippen LogP contribution is -2.47. The number of anilines is 1. The molecule has 148 valence electrons. The second kappa shape index (κ2) is 8.28.